The number of aromatic hydroxyl groups is 1. The molecule has 4 amide bonds. The van der Waals surface area contributed by atoms with E-state index < -0.39 is 46.8 Å². The van der Waals surface area contributed by atoms with Gasteiger partial charge in [0.05, 0.1) is 40.8 Å². The van der Waals surface area contributed by atoms with Crippen molar-refractivity contribution in [3.8, 4) is 22.1 Å². The lowest BCUT2D eigenvalue weighted by Crippen LogP contribution is -2.49. The van der Waals surface area contributed by atoms with Crippen molar-refractivity contribution in [1.29, 1.82) is 0 Å². The topological polar surface area (TPSA) is 122 Å². The van der Waals surface area contributed by atoms with Crippen LogP contribution in [0.3, 0.4) is 0 Å². The molecule has 4 heterocycles. The first-order valence-corrected chi connectivity index (χ1v) is 19.9. The van der Waals surface area contributed by atoms with Gasteiger partial charge in [0.15, 0.2) is 11.5 Å². The molecule has 3 fully saturated rings. The molecule has 4 aliphatic rings. The predicted molar refractivity (Wildman–Crippen MR) is 215 cm³/mol. The fourth-order valence-corrected chi connectivity index (χ4v) is 11.3. The molecule has 1 N–H and O–H groups in total. The predicted octanol–water partition coefficient (Wildman–Crippen LogP) is 8.02. The minimum absolute atomic E-state index is 0.134. The third-order valence-electron chi connectivity index (χ3n) is 12.1. The van der Waals surface area contributed by atoms with E-state index in [0.29, 0.717) is 34.2 Å². The van der Waals surface area contributed by atoms with Crippen molar-refractivity contribution in [1.82, 2.24) is 9.78 Å². The van der Waals surface area contributed by atoms with Crippen LogP contribution in [0.15, 0.2) is 78.4 Å². The first kappa shape index (κ1) is 35.2. The molecular formula is C41H34ClIN4O6S. The van der Waals surface area contributed by atoms with Gasteiger partial charge in [-0.1, -0.05) is 35.4 Å². The summed E-state index contributed by atoms with van der Waals surface area (Å²) < 4.78 is 9.08. The summed E-state index contributed by atoms with van der Waals surface area (Å²) in [6, 6.07) is 19.9. The third kappa shape index (κ3) is 4.84. The van der Waals surface area contributed by atoms with Crippen LogP contribution < -0.4 is 14.5 Å². The molecule has 2 aliphatic heterocycles. The lowest BCUT2D eigenvalue weighted by Gasteiger charge is -2.49. The van der Waals surface area contributed by atoms with E-state index in [1.807, 2.05) is 43.3 Å². The Morgan fingerprint density at radius 3 is 2.48 bits per heavy atom. The molecule has 2 aromatic heterocycles. The van der Waals surface area contributed by atoms with Gasteiger partial charge in [0, 0.05) is 37.9 Å². The van der Waals surface area contributed by atoms with Gasteiger partial charge in [0.25, 0.3) is 0 Å². The van der Waals surface area contributed by atoms with Gasteiger partial charge in [-0.3, -0.25) is 28.8 Å². The summed E-state index contributed by atoms with van der Waals surface area (Å²) in [5.41, 5.74) is 1.97. The van der Waals surface area contributed by atoms with Crippen molar-refractivity contribution in [2.45, 2.75) is 32.6 Å². The van der Waals surface area contributed by atoms with Gasteiger partial charge >= 0.3 is 0 Å². The number of phenols is 1. The number of aryl methyl sites for hydroxylation is 2. The molecular weight excluding hydrogens is 839 g/mol. The second-order valence-electron chi connectivity index (χ2n) is 14.8. The maximum absolute atomic E-state index is 15.1. The van der Waals surface area contributed by atoms with Crippen molar-refractivity contribution in [2.24, 2.45) is 36.1 Å². The Morgan fingerprint density at radius 1 is 0.981 bits per heavy atom. The van der Waals surface area contributed by atoms with Gasteiger partial charge < -0.3 is 9.84 Å². The fraction of sp³-hybridized carbons (Fsp3) is 0.293. The third-order valence-corrected chi connectivity index (χ3v) is 14.4. The van der Waals surface area contributed by atoms with E-state index in [-0.39, 0.29) is 29.7 Å². The van der Waals surface area contributed by atoms with Crippen molar-refractivity contribution in [2.75, 3.05) is 16.9 Å². The number of fused-ring (bicyclic) bond motifs is 5. The van der Waals surface area contributed by atoms with E-state index in [2.05, 4.69) is 22.6 Å². The first-order valence-electron chi connectivity index (χ1n) is 17.7. The molecule has 13 heteroatoms. The minimum atomic E-state index is -1.35. The average molecular weight is 873 g/mol. The van der Waals surface area contributed by atoms with Crippen LogP contribution >= 0.6 is 45.5 Å². The van der Waals surface area contributed by atoms with Crippen LogP contribution in [0.4, 0.5) is 11.5 Å². The lowest BCUT2D eigenvalue weighted by molar-refractivity contribution is -0.131. The van der Waals surface area contributed by atoms with Crippen LogP contribution in [-0.2, 0) is 26.2 Å². The smallest absolute Gasteiger partial charge is 0.242 e. The van der Waals surface area contributed by atoms with Crippen LogP contribution in [0.5, 0.6) is 11.5 Å². The Hall–Kier alpha value is -4.53. The maximum atomic E-state index is 15.1. The summed E-state index contributed by atoms with van der Waals surface area (Å²) in [4.78, 5) is 61.8. The molecule has 54 heavy (non-hydrogen) atoms. The van der Waals surface area contributed by atoms with E-state index in [1.54, 1.807) is 66.4 Å². The number of thiophene rings is 1. The Morgan fingerprint density at radius 2 is 1.74 bits per heavy atom. The van der Waals surface area contributed by atoms with E-state index in [9.17, 15) is 19.5 Å². The number of ether oxygens (including phenoxy) is 1. The molecule has 2 aliphatic carbocycles. The monoisotopic (exact) mass is 872 g/mol. The number of amides is 4. The molecule has 274 valence electrons. The van der Waals surface area contributed by atoms with Gasteiger partial charge in [0.2, 0.25) is 23.6 Å². The zero-order valence-corrected chi connectivity index (χ0v) is 33.4. The standard InChI is InChI=1S/C41H34ClIN4O6S/c1-19-26-16-20(42)8-15-31(26)54-36(19)29-18-32(45(3)44-29)47-38(50)28-17-27-23(34(41(28,2)40(47)52)25-6-5-7-30(53-4)35(25)48)13-14-24-33(27)39(51)46(37(24)49)22-11-9-21(43)10-12-22/h5-13,15-16,18,24,27-28,33-34,48H,14,17H2,1-4H3. The van der Waals surface area contributed by atoms with Crippen LogP contribution in [0, 0.1) is 39.6 Å². The van der Waals surface area contributed by atoms with E-state index in [0.717, 1.165) is 29.7 Å². The zero-order chi connectivity index (χ0) is 38.0. The van der Waals surface area contributed by atoms with Gasteiger partial charge in [-0.2, -0.15) is 5.10 Å². The normalized spacial score (nSPS) is 26.3. The number of phenolic OH excluding ortho intramolecular Hbond substituents is 1. The van der Waals surface area contributed by atoms with Crippen molar-refractivity contribution in [3.05, 3.63) is 98.1 Å². The van der Waals surface area contributed by atoms with Gasteiger partial charge in [-0.25, -0.2) is 4.90 Å². The summed E-state index contributed by atoms with van der Waals surface area (Å²) in [6.45, 7) is 3.80. The summed E-state index contributed by atoms with van der Waals surface area (Å²) in [6.07, 6.45) is 2.45. The second-order valence-corrected chi connectivity index (χ2v) is 17.5. The number of hydrogen-bond donors (Lipinski definition) is 1. The number of allylic oxidation sites excluding steroid dienone is 2. The maximum Gasteiger partial charge on any atom is 0.242 e. The molecule has 6 atom stereocenters. The van der Waals surface area contributed by atoms with Crippen LogP contribution in [0.2, 0.25) is 5.02 Å². The van der Waals surface area contributed by atoms with E-state index in [4.69, 9.17) is 21.4 Å². The number of benzene rings is 3. The first-order chi connectivity index (χ1) is 25.8. The Labute approximate surface area is 333 Å². The molecule has 2 saturated heterocycles. The summed E-state index contributed by atoms with van der Waals surface area (Å²) >= 11 is 10.1. The summed E-state index contributed by atoms with van der Waals surface area (Å²) in [7, 11) is 3.17. The molecule has 0 bridgehead atoms. The number of para-hydroxylation sites is 1. The molecule has 9 rings (SSSR count). The molecule has 10 nitrogen and oxygen atoms in total. The number of methoxy groups -OCH3 is 1. The van der Waals surface area contributed by atoms with Gasteiger partial charge in [-0.15, -0.1) is 11.3 Å². The number of halogens is 2. The quantitative estimate of drug-likeness (QED) is 0.108. The number of anilines is 2. The van der Waals surface area contributed by atoms with Crippen molar-refractivity contribution in [3.63, 3.8) is 0 Å². The Kier molecular flexibility index (Phi) is 8.15. The molecule has 0 radical (unpaired) electrons. The summed E-state index contributed by atoms with van der Waals surface area (Å²) in [5, 5.41) is 18.1. The highest BCUT2D eigenvalue weighted by Gasteiger charge is 2.68. The number of imide groups is 2. The number of rotatable bonds is 5. The average Bonchev–Trinajstić information content (AvgIpc) is 3.82. The highest BCUT2D eigenvalue weighted by atomic mass is 127. The number of nitrogens with zero attached hydrogens (tertiary/aromatic N) is 4. The number of hydrogen-bond acceptors (Lipinski definition) is 8. The van der Waals surface area contributed by atoms with Crippen LogP contribution in [0.25, 0.3) is 20.7 Å². The Bertz CT molecular complexity index is 2510. The van der Waals surface area contributed by atoms with Crippen LogP contribution in [0.1, 0.15) is 36.8 Å². The number of aromatic nitrogens is 2. The van der Waals surface area contributed by atoms with Crippen LogP contribution in [-0.4, -0.2) is 45.6 Å². The lowest BCUT2D eigenvalue weighted by atomic mass is 9.51. The van der Waals surface area contributed by atoms with Gasteiger partial charge in [-0.05, 0) is 115 Å². The highest BCUT2D eigenvalue weighted by molar-refractivity contribution is 14.1. The zero-order valence-electron chi connectivity index (χ0n) is 29.7. The second kappa shape index (κ2) is 12.5. The van der Waals surface area contributed by atoms with E-state index >= 15 is 4.79 Å². The van der Waals surface area contributed by atoms with Gasteiger partial charge in [0.1, 0.15) is 11.5 Å². The minimum Gasteiger partial charge on any atom is -0.504 e. The highest BCUT2D eigenvalue weighted by Crippen LogP contribution is 2.65. The fourth-order valence-electron chi connectivity index (χ4n) is 9.57. The summed E-state index contributed by atoms with van der Waals surface area (Å²) in [5.74, 6) is -4.54. The molecule has 6 unspecified atom stereocenters. The largest absolute Gasteiger partial charge is 0.504 e. The Balaban J connectivity index is 1.17. The van der Waals surface area contributed by atoms with Crippen molar-refractivity contribution < 1.29 is 29.0 Å². The van der Waals surface area contributed by atoms with E-state index in [1.165, 1.54) is 16.9 Å². The molecule has 1 saturated carbocycles. The molecule has 5 aromatic rings. The molecule has 3 aromatic carbocycles. The number of carbonyl (C=O) groups is 4. The SMILES string of the molecule is COc1cccc(C2C3=CCC4C(=O)N(c5ccc(I)cc5)C(=O)C4C3CC3C(=O)N(c4cc(-c5sc6ccc(Cl)cc6c5C)nn4C)C(=O)C32C)c1O. The molecule has 0 spiro atoms. The number of carbonyl (C=O) groups excluding carboxylic acids is 4. The van der Waals surface area contributed by atoms with Crippen molar-refractivity contribution >= 4 is 90.7 Å².